The summed E-state index contributed by atoms with van der Waals surface area (Å²) in [6.45, 7) is 1.19. The SMILES string of the molecule is CNC(=O)C1CCN(C(=O)c2ncccc2Br)CC1. The van der Waals surface area contributed by atoms with Crippen molar-refractivity contribution < 1.29 is 9.59 Å². The number of amides is 2. The third-order valence-electron chi connectivity index (χ3n) is 3.36. The molecule has 5 nitrogen and oxygen atoms in total. The van der Waals surface area contributed by atoms with Crippen LogP contribution in [-0.4, -0.2) is 41.8 Å². The van der Waals surface area contributed by atoms with Crippen LogP contribution in [0.1, 0.15) is 23.3 Å². The van der Waals surface area contributed by atoms with Gasteiger partial charge >= 0.3 is 0 Å². The molecule has 0 bridgehead atoms. The van der Waals surface area contributed by atoms with Crippen LogP contribution in [0.25, 0.3) is 0 Å². The van der Waals surface area contributed by atoms with Crippen LogP contribution in [0.3, 0.4) is 0 Å². The van der Waals surface area contributed by atoms with Crippen LogP contribution >= 0.6 is 15.9 Å². The standard InChI is InChI=1S/C13H16BrN3O2/c1-15-12(18)9-4-7-17(8-5-9)13(19)11-10(14)3-2-6-16-11/h2-3,6,9H,4-5,7-8H2,1H3,(H,15,18). The molecule has 2 rings (SSSR count). The summed E-state index contributed by atoms with van der Waals surface area (Å²) >= 11 is 3.34. The summed E-state index contributed by atoms with van der Waals surface area (Å²) < 4.78 is 0.702. The van der Waals surface area contributed by atoms with Gasteiger partial charge in [0.1, 0.15) is 5.69 Å². The van der Waals surface area contributed by atoms with Gasteiger partial charge in [0.15, 0.2) is 0 Å². The third kappa shape index (κ3) is 3.12. The van der Waals surface area contributed by atoms with Crippen molar-refractivity contribution in [2.45, 2.75) is 12.8 Å². The number of hydrogen-bond acceptors (Lipinski definition) is 3. The molecule has 0 radical (unpaired) electrons. The zero-order valence-electron chi connectivity index (χ0n) is 10.7. The number of carbonyl (C=O) groups excluding carboxylic acids is 2. The monoisotopic (exact) mass is 325 g/mol. The summed E-state index contributed by atoms with van der Waals surface area (Å²) in [5.74, 6) is -0.00447. The smallest absolute Gasteiger partial charge is 0.273 e. The van der Waals surface area contributed by atoms with Crippen molar-refractivity contribution in [2.75, 3.05) is 20.1 Å². The largest absolute Gasteiger partial charge is 0.359 e. The average molecular weight is 326 g/mol. The lowest BCUT2D eigenvalue weighted by Crippen LogP contribution is -2.42. The van der Waals surface area contributed by atoms with Gasteiger partial charge < -0.3 is 10.2 Å². The molecule has 102 valence electrons. The lowest BCUT2D eigenvalue weighted by atomic mass is 9.96. The van der Waals surface area contributed by atoms with E-state index in [0.29, 0.717) is 36.1 Å². The van der Waals surface area contributed by atoms with Gasteiger partial charge in [-0.3, -0.25) is 9.59 Å². The molecule has 6 heteroatoms. The quantitative estimate of drug-likeness (QED) is 0.895. The highest BCUT2D eigenvalue weighted by molar-refractivity contribution is 9.10. The van der Waals surface area contributed by atoms with E-state index in [0.717, 1.165) is 0 Å². The number of aromatic nitrogens is 1. The highest BCUT2D eigenvalue weighted by atomic mass is 79.9. The van der Waals surface area contributed by atoms with Gasteiger partial charge in [0.2, 0.25) is 5.91 Å². The fraction of sp³-hybridized carbons (Fsp3) is 0.462. The van der Waals surface area contributed by atoms with Crippen molar-refractivity contribution in [3.8, 4) is 0 Å². The van der Waals surface area contributed by atoms with Gasteiger partial charge in [0, 0.05) is 36.7 Å². The molecule has 0 saturated carbocycles. The molecule has 1 aromatic rings. The Bertz CT molecular complexity index is 485. The minimum Gasteiger partial charge on any atom is -0.359 e. The Hall–Kier alpha value is -1.43. The van der Waals surface area contributed by atoms with E-state index in [1.165, 1.54) is 0 Å². The zero-order valence-corrected chi connectivity index (χ0v) is 12.3. The Balaban J connectivity index is 2.00. The molecule has 1 fully saturated rings. The van der Waals surface area contributed by atoms with E-state index in [2.05, 4.69) is 26.2 Å². The first-order valence-corrected chi connectivity index (χ1v) is 7.04. The van der Waals surface area contributed by atoms with E-state index in [1.54, 1.807) is 30.3 Å². The van der Waals surface area contributed by atoms with E-state index >= 15 is 0 Å². The number of piperidine rings is 1. The van der Waals surface area contributed by atoms with Crippen molar-refractivity contribution in [3.63, 3.8) is 0 Å². The molecule has 1 aliphatic rings. The highest BCUT2D eigenvalue weighted by Crippen LogP contribution is 2.21. The predicted octanol–water partition coefficient (Wildman–Crippen LogP) is 1.44. The summed E-state index contributed by atoms with van der Waals surface area (Å²) in [5, 5.41) is 2.66. The van der Waals surface area contributed by atoms with Gasteiger partial charge in [-0.05, 0) is 40.9 Å². The van der Waals surface area contributed by atoms with Crippen LogP contribution in [0.15, 0.2) is 22.8 Å². The normalized spacial score (nSPS) is 16.2. The molecule has 1 aliphatic heterocycles. The minimum atomic E-state index is -0.0807. The Kier molecular flexibility index (Phi) is 4.52. The Morgan fingerprint density at radius 1 is 1.42 bits per heavy atom. The lowest BCUT2D eigenvalue weighted by Gasteiger charge is -2.31. The molecular weight excluding hydrogens is 310 g/mol. The van der Waals surface area contributed by atoms with Gasteiger partial charge in [-0.25, -0.2) is 4.98 Å². The fourth-order valence-corrected chi connectivity index (χ4v) is 2.67. The van der Waals surface area contributed by atoms with Gasteiger partial charge in [0.25, 0.3) is 5.91 Å². The second-order valence-corrected chi connectivity index (χ2v) is 5.37. The number of hydrogen-bond donors (Lipinski definition) is 1. The molecular formula is C13H16BrN3O2. The molecule has 1 saturated heterocycles. The number of nitrogens with zero attached hydrogens (tertiary/aromatic N) is 2. The highest BCUT2D eigenvalue weighted by Gasteiger charge is 2.28. The summed E-state index contributed by atoms with van der Waals surface area (Å²) in [6.07, 6.45) is 3.01. The second-order valence-electron chi connectivity index (χ2n) is 4.51. The van der Waals surface area contributed by atoms with Gasteiger partial charge in [-0.15, -0.1) is 0 Å². The number of pyridine rings is 1. The van der Waals surface area contributed by atoms with Crippen molar-refractivity contribution in [1.29, 1.82) is 0 Å². The number of nitrogens with one attached hydrogen (secondary N) is 1. The van der Waals surface area contributed by atoms with Crippen molar-refractivity contribution in [1.82, 2.24) is 15.2 Å². The molecule has 0 aromatic carbocycles. The first kappa shape index (κ1) is 14.0. The van der Waals surface area contributed by atoms with Crippen LogP contribution in [0.2, 0.25) is 0 Å². The second kappa shape index (κ2) is 6.14. The van der Waals surface area contributed by atoms with Gasteiger partial charge in [0.05, 0.1) is 0 Å². The van der Waals surface area contributed by atoms with Gasteiger partial charge in [-0.1, -0.05) is 0 Å². The first-order chi connectivity index (χ1) is 9.13. The molecule has 0 aliphatic carbocycles. The predicted molar refractivity (Wildman–Crippen MR) is 74.6 cm³/mol. The maximum Gasteiger partial charge on any atom is 0.273 e. The molecule has 19 heavy (non-hydrogen) atoms. The number of rotatable bonds is 2. The van der Waals surface area contributed by atoms with Crippen LogP contribution < -0.4 is 5.32 Å². The topological polar surface area (TPSA) is 62.3 Å². The summed E-state index contributed by atoms with van der Waals surface area (Å²) in [5.41, 5.74) is 0.431. The van der Waals surface area contributed by atoms with Crippen LogP contribution in [0.4, 0.5) is 0 Å². The fourth-order valence-electron chi connectivity index (χ4n) is 2.24. The molecule has 2 heterocycles. The summed E-state index contributed by atoms with van der Waals surface area (Å²) in [6, 6.07) is 3.58. The van der Waals surface area contributed by atoms with E-state index in [4.69, 9.17) is 0 Å². The summed E-state index contributed by atoms with van der Waals surface area (Å²) in [4.78, 5) is 29.7. The van der Waals surface area contributed by atoms with Crippen molar-refractivity contribution in [3.05, 3.63) is 28.5 Å². The molecule has 1 N–H and O–H groups in total. The molecule has 0 spiro atoms. The Morgan fingerprint density at radius 3 is 2.68 bits per heavy atom. The maximum absolute atomic E-state index is 12.3. The lowest BCUT2D eigenvalue weighted by molar-refractivity contribution is -0.125. The molecule has 0 unspecified atom stereocenters. The minimum absolute atomic E-state index is 0.0150. The summed E-state index contributed by atoms with van der Waals surface area (Å²) in [7, 11) is 1.64. The van der Waals surface area contributed by atoms with E-state index in [-0.39, 0.29) is 17.7 Å². The number of likely N-dealkylation sites (tertiary alicyclic amines) is 1. The van der Waals surface area contributed by atoms with Crippen molar-refractivity contribution in [2.24, 2.45) is 5.92 Å². The molecule has 2 amide bonds. The zero-order chi connectivity index (χ0) is 13.8. The number of carbonyl (C=O) groups is 2. The maximum atomic E-state index is 12.3. The van der Waals surface area contributed by atoms with E-state index in [1.807, 2.05) is 0 Å². The Labute approximate surface area is 120 Å². The van der Waals surface area contributed by atoms with Crippen LogP contribution in [-0.2, 0) is 4.79 Å². The average Bonchev–Trinajstić information content (AvgIpc) is 2.46. The molecule has 0 atom stereocenters. The van der Waals surface area contributed by atoms with Crippen LogP contribution in [0, 0.1) is 5.92 Å². The number of halogens is 1. The Morgan fingerprint density at radius 2 is 2.11 bits per heavy atom. The van der Waals surface area contributed by atoms with E-state index in [9.17, 15) is 9.59 Å². The van der Waals surface area contributed by atoms with Crippen LogP contribution in [0.5, 0.6) is 0 Å². The first-order valence-electron chi connectivity index (χ1n) is 6.25. The third-order valence-corrected chi connectivity index (χ3v) is 4.00. The van der Waals surface area contributed by atoms with Gasteiger partial charge in [-0.2, -0.15) is 0 Å². The molecule has 1 aromatic heterocycles. The van der Waals surface area contributed by atoms with E-state index < -0.39 is 0 Å². The van der Waals surface area contributed by atoms with Crippen molar-refractivity contribution >= 4 is 27.7 Å².